The number of benzene rings is 2. The molecule has 2 rings (SSSR count). The quantitative estimate of drug-likeness (QED) is 0.297. The number of hydrogen-bond donors (Lipinski definition) is 0. The Hall–Kier alpha value is -2.71. The molecule has 0 spiro atoms. The Kier molecular flexibility index (Phi) is 9.50. The third kappa shape index (κ3) is 6.14. The van der Waals surface area contributed by atoms with Crippen LogP contribution >= 0.6 is 11.6 Å². The fraction of sp³-hybridized carbons (Fsp3) is 0.417. The minimum Gasteiger partial charge on any atom is -0.497 e. The van der Waals surface area contributed by atoms with E-state index in [9.17, 15) is 10.1 Å². The SMILES string of the molecule is CCCCOc1cc(OCCCC)c(C(=O)C(C#N)c2ccc(OC)cc2)cc1Cl. The molecule has 0 saturated heterocycles. The normalized spacial score (nSPS) is 11.4. The average molecular weight is 430 g/mol. The summed E-state index contributed by atoms with van der Waals surface area (Å²) in [5.74, 6) is 0.177. The zero-order chi connectivity index (χ0) is 21.9. The first-order valence-corrected chi connectivity index (χ1v) is 10.6. The fourth-order valence-corrected chi connectivity index (χ4v) is 3.06. The van der Waals surface area contributed by atoms with Crippen LogP contribution in [-0.2, 0) is 0 Å². The number of nitriles is 1. The second-order valence-electron chi connectivity index (χ2n) is 6.88. The first-order valence-electron chi connectivity index (χ1n) is 10.2. The molecule has 6 heteroatoms. The number of ether oxygens (including phenoxy) is 3. The molecule has 160 valence electrons. The molecular formula is C24H28ClNO4. The number of ketones is 1. The lowest BCUT2D eigenvalue weighted by atomic mass is 9.91. The standard InChI is InChI=1S/C24H28ClNO4/c1-4-6-12-29-22-15-23(30-13-7-5-2)21(25)14-19(22)24(27)20(16-26)17-8-10-18(28-3)11-9-17/h8-11,14-15,20H,4-7,12-13H2,1-3H3. The van der Waals surface area contributed by atoms with Crippen LogP contribution in [0.3, 0.4) is 0 Å². The largest absolute Gasteiger partial charge is 0.497 e. The molecule has 0 aliphatic heterocycles. The number of carbonyl (C=O) groups is 1. The summed E-state index contributed by atoms with van der Waals surface area (Å²) in [5, 5.41) is 10.0. The van der Waals surface area contributed by atoms with Crippen molar-refractivity contribution in [1.29, 1.82) is 5.26 Å². The Labute approximate surface area is 183 Å². The summed E-state index contributed by atoms with van der Waals surface area (Å²) in [6, 6.07) is 12.2. The predicted molar refractivity (Wildman–Crippen MR) is 118 cm³/mol. The van der Waals surface area contributed by atoms with Crippen molar-refractivity contribution in [3.05, 3.63) is 52.5 Å². The van der Waals surface area contributed by atoms with Gasteiger partial charge in [-0.15, -0.1) is 0 Å². The van der Waals surface area contributed by atoms with Crippen molar-refractivity contribution in [3.8, 4) is 23.3 Å². The molecule has 0 radical (unpaired) electrons. The van der Waals surface area contributed by atoms with Gasteiger partial charge in [0.05, 0.1) is 37.0 Å². The summed E-state index contributed by atoms with van der Waals surface area (Å²) >= 11 is 6.39. The molecule has 0 fully saturated rings. The van der Waals surface area contributed by atoms with Gasteiger partial charge in [-0.05, 0) is 36.6 Å². The van der Waals surface area contributed by atoms with E-state index in [4.69, 9.17) is 25.8 Å². The molecule has 0 bridgehead atoms. The Morgan fingerprint density at radius 3 is 2.17 bits per heavy atom. The molecular weight excluding hydrogens is 402 g/mol. The highest BCUT2D eigenvalue weighted by Gasteiger charge is 2.26. The van der Waals surface area contributed by atoms with Gasteiger partial charge in [0.15, 0.2) is 5.78 Å². The van der Waals surface area contributed by atoms with Gasteiger partial charge in [-0.2, -0.15) is 5.26 Å². The van der Waals surface area contributed by atoms with Gasteiger partial charge in [0.2, 0.25) is 0 Å². The van der Waals surface area contributed by atoms with Gasteiger partial charge in [0, 0.05) is 6.07 Å². The van der Waals surface area contributed by atoms with E-state index in [1.54, 1.807) is 43.5 Å². The summed E-state index contributed by atoms with van der Waals surface area (Å²) in [4.78, 5) is 13.3. The lowest BCUT2D eigenvalue weighted by molar-refractivity contribution is 0.0974. The molecule has 2 aromatic rings. The number of hydrogen-bond acceptors (Lipinski definition) is 5. The summed E-state index contributed by atoms with van der Waals surface area (Å²) in [6.45, 7) is 5.14. The van der Waals surface area contributed by atoms with Crippen LogP contribution in [-0.4, -0.2) is 26.1 Å². The Balaban J connectivity index is 2.38. The Morgan fingerprint density at radius 2 is 1.63 bits per heavy atom. The topological polar surface area (TPSA) is 68.5 Å². The minimum absolute atomic E-state index is 0.279. The van der Waals surface area contributed by atoms with Crippen molar-refractivity contribution in [1.82, 2.24) is 0 Å². The van der Waals surface area contributed by atoms with Gasteiger partial charge in [-0.25, -0.2) is 0 Å². The number of rotatable bonds is 12. The number of carbonyl (C=O) groups excluding carboxylic acids is 1. The van der Waals surface area contributed by atoms with Crippen LogP contribution in [0.15, 0.2) is 36.4 Å². The monoisotopic (exact) mass is 429 g/mol. The highest BCUT2D eigenvalue weighted by molar-refractivity contribution is 6.32. The van der Waals surface area contributed by atoms with Crippen LogP contribution in [0.5, 0.6) is 17.2 Å². The maximum absolute atomic E-state index is 13.3. The maximum Gasteiger partial charge on any atom is 0.188 e. The number of unbranched alkanes of at least 4 members (excludes halogenated alkanes) is 2. The molecule has 0 heterocycles. The summed E-state index contributed by atoms with van der Waals surface area (Å²) in [5.41, 5.74) is 0.864. The fourth-order valence-electron chi connectivity index (χ4n) is 2.85. The average Bonchev–Trinajstić information content (AvgIpc) is 2.76. The number of nitrogens with zero attached hydrogens (tertiary/aromatic N) is 1. The van der Waals surface area contributed by atoms with Gasteiger partial charge in [-0.1, -0.05) is 50.4 Å². The van der Waals surface area contributed by atoms with E-state index < -0.39 is 5.92 Å². The van der Waals surface area contributed by atoms with E-state index in [0.29, 0.717) is 41.0 Å². The van der Waals surface area contributed by atoms with Gasteiger partial charge in [0.1, 0.15) is 23.2 Å². The Morgan fingerprint density at radius 1 is 1.03 bits per heavy atom. The lowest BCUT2D eigenvalue weighted by Crippen LogP contribution is -2.14. The molecule has 0 saturated carbocycles. The second-order valence-corrected chi connectivity index (χ2v) is 7.29. The van der Waals surface area contributed by atoms with E-state index in [1.807, 2.05) is 0 Å². The third-order valence-electron chi connectivity index (χ3n) is 4.65. The highest BCUT2D eigenvalue weighted by atomic mass is 35.5. The smallest absolute Gasteiger partial charge is 0.188 e. The van der Waals surface area contributed by atoms with Crippen LogP contribution in [0.1, 0.15) is 61.4 Å². The van der Waals surface area contributed by atoms with Crippen molar-refractivity contribution in [3.63, 3.8) is 0 Å². The van der Waals surface area contributed by atoms with Gasteiger partial charge in [-0.3, -0.25) is 4.79 Å². The molecule has 1 unspecified atom stereocenters. The first kappa shape index (κ1) is 23.6. The van der Waals surface area contributed by atoms with Gasteiger partial charge >= 0.3 is 0 Å². The van der Waals surface area contributed by atoms with Gasteiger partial charge in [0.25, 0.3) is 0 Å². The van der Waals surface area contributed by atoms with Crippen LogP contribution < -0.4 is 14.2 Å². The van der Waals surface area contributed by atoms with Crippen molar-refractivity contribution >= 4 is 17.4 Å². The van der Waals surface area contributed by atoms with E-state index in [2.05, 4.69) is 19.9 Å². The molecule has 0 N–H and O–H groups in total. The van der Waals surface area contributed by atoms with Crippen molar-refractivity contribution in [2.45, 2.75) is 45.4 Å². The number of methoxy groups -OCH3 is 1. The van der Waals surface area contributed by atoms with Crippen molar-refractivity contribution in [2.75, 3.05) is 20.3 Å². The summed E-state index contributed by atoms with van der Waals surface area (Å²) in [7, 11) is 1.56. The van der Waals surface area contributed by atoms with Gasteiger partial charge < -0.3 is 14.2 Å². The van der Waals surface area contributed by atoms with Crippen LogP contribution in [0, 0.1) is 11.3 Å². The van der Waals surface area contributed by atoms with Crippen molar-refractivity contribution in [2.24, 2.45) is 0 Å². The Bertz CT molecular complexity index is 874. The number of Topliss-reactive ketones (excluding diaryl/α,β-unsaturated/α-hetero) is 1. The molecule has 0 aliphatic carbocycles. The third-order valence-corrected chi connectivity index (χ3v) is 4.95. The molecule has 30 heavy (non-hydrogen) atoms. The number of halogens is 1. The van der Waals surface area contributed by atoms with E-state index in [-0.39, 0.29) is 11.3 Å². The molecule has 1 atom stereocenters. The van der Waals surface area contributed by atoms with Crippen LogP contribution in [0.2, 0.25) is 5.02 Å². The zero-order valence-electron chi connectivity index (χ0n) is 17.7. The zero-order valence-corrected chi connectivity index (χ0v) is 18.5. The van der Waals surface area contributed by atoms with E-state index in [0.717, 1.165) is 25.7 Å². The highest BCUT2D eigenvalue weighted by Crippen LogP contribution is 2.36. The van der Waals surface area contributed by atoms with E-state index in [1.165, 1.54) is 0 Å². The minimum atomic E-state index is -0.979. The molecule has 0 aliphatic rings. The van der Waals surface area contributed by atoms with E-state index >= 15 is 0 Å². The molecule has 0 aromatic heterocycles. The molecule has 5 nitrogen and oxygen atoms in total. The first-order chi connectivity index (χ1) is 14.5. The van der Waals surface area contributed by atoms with Crippen molar-refractivity contribution < 1.29 is 19.0 Å². The second kappa shape index (κ2) is 12.1. The summed E-state index contributed by atoms with van der Waals surface area (Å²) in [6.07, 6.45) is 3.71. The molecule has 0 amide bonds. The van der Waals surface area contributed by atoms with Crippen LogP contribution in [0.4, 0.5) is 0 Å². The maximum atomic E-state index is 13.3. The predicted octanol–water partition coefficient (Wildman–Crippen LogP) is 6.20. The van der Waals surface area contributed by atoms with Crippen LogP contribution in [0.25, 0.3) is 0 Å². The lowest BCUT2D eigenvalue weighted by Gasteiger charge is -2.17. The molecule has 2 aromatic carbocycles. The summed E-state index contributed by atoms with van der Waals surface area (Å²) < 4.78 is 16.8.